The molecule has 0 bridgehead atoms. The Balaban J connectivity index is 1.92. The monoisotopic (exact) mass is 553 g/mol. The average Bonchev–Trinajstić information content (AvgIpc) is 2.87. The SMILES string of the molecule is O=C(O)CN(CC(=O)O)Cc1cccc(-c2cc(CO)cc(-c3cccc(CN(CC(=O)O)CC(=O)O)n3)n2)n1. The zero-order chi connectivity index (χ0) is 29.2. The second kappa shape index (κ2) is 13.8. The summed E-state index contributed by atoms with van der Waals surface area (Å²) in [5, 5.41) is 46.3. The largest absolute Gasteiger partial charge is 0.480 e. The number of carboxylic acids is 4. The molecule has 5 N–H and O–H groups in total. The zero-order valence-corrected chi connectivity index (χ0v) is 21.2. The minimum absolute atomic E-state index is 0.0359. The van der Waals surface area contributed by atoms with Gasteiger partial charge in [-0.2, -0.15) is 0 Å². The third-order valence-electron chi connectivity index (χ3n) is 5.41. The van der Waals surface area contributed by atoms with Crippen LogP contribution in [0, 0.1) is 0 Å². The van der Waals surface area contributed by atoms with Crippen LogP contribution in [0.4, 0.5) is 0 Å². The van der Waals surface area contributed by atoms with Crippen molar-refractivity contribution in [3.05, 3.63) is 65.5 Å². The summed E-state index contributed by atoms with van der Waals surface area (Å²) in [4.78, 5) is 60.6. The highest BCUT2D eigenvalue weighted by Crippen LogP contribution is 2.24. The smallest absolute Gasteiger partial charge is 0.317 e. The van der Waals surface area contributed by atoms with E-state index < -0.39 is 50.1 Å². The van der Waals surface area contributed by atoms with Crippen LogP contribution in [0.15, 0.2) is 48.5 Å². The molecule has 0 saturated carbocycles. The van der Waals surface area contributed by atoms with Crippen molar-refractivity contribution in [1.82, 2.24) is 24.8 Å². The number of aromatic nitrogens is 3. The molecule has 40 heavy (non-hydrogen) atoms. The number of carbonyl (C=O) groups is 4. The number of nitrogens with zero attached hydrogens (tertiary/aromatic N) is 5. The summed E-state index contributed by atoms with van der Waals surface area (Å²) >= 11 is 0. The third-order valence-corrected chi connectivity index (χ3v) is 5.41. The molecule has 3 rings (SSSR count). The number of hydrogen-bond donors (Lipinski definition) is 5. The van der Waals surface area contributed by atoms with Crippen molar-refractivity contribution in [2.45, 2.75) is 19.7 Å². The van der Waals surface area contributed by atoms with Crippen molar-refractivity contribution < 1.29 is 44.7 Å². The van der Waals surface area contributed by atoms with E-state index in [1.165, 1.54) is 9.80 Å². The number of pyridine rings is 3. The predicted molar refractivity (Wildman–Crippen MR) is 138 cm³/mol. The van der Waals surface area contributed by atoms with Gasteiger partial charge in [-0.25, -0.2) is 15.0 Å². The van der Waals surface area contributed by atoms with Crippen molar-refractivity contribution >= 4 is 23.9 Å². The first-order chi connectivity index (χ1) is 19.0. The van der Waals surface area contributed by atoms with Gasteiger partial charge in [0.2, 0.25) is 0 Å². The molecule has 3 heterocycles. The van der Waals surface area contributed by atoms with E-state index in [1.807, 2.05) is 0 Å². The highest BCUT2D eigenvalue weighted by molar-refractivity contribution is 5.73. The molecule has 0 aromatic carbocycles. The van der Waals surface area contributed by atoms with Gasteiger partial charge in [-0.1, -0.05) is 12.1 Å². The molecule has 3 aromatic heterocycles. The molecule has 0 fully saturated rings. The number of rotatable bonds is 15. The minimum atomic E-state index is -1.18. The average molecular weight is 554 g/mol. The molecule has 0 amide bonds. The van der Waals surface area contributed by atoms with E-state index in [-0.39, 0.29) is 19.7 Å². The Hall–Kier alpha value is -4.79. The molecular weight excluding hydrogens is 526 g/mol. The number of aliphatic hydroxyl groups excluding tert-OH is 1. The van der Waals surface area contributed by atoms with Gasteiger partial charge in [-0.3, -0.25) is 29.0 Å². The van der Waals surface area contributed by atoms with Crippen LogP contribution in [0.1, 0.15) is 17.0 Å². The van der Waals surface area contributed by atoms with Crippen LogP contribution in [0.25, 0.3) is 22.8 Å². The van der Waals surface area contributed by atoms with E-state index in [2.05, 4.69) is 15.0 Å². The topological polar surface area (TPSA) is 215 Å². The van der Waals surface area contributed by atoms with Gasteiger partial charge < -0.3 is 25.5 Å². The fourth-order valence-corrected chi connectivity index (χ4v) is 3.92. The summed E-state index contributed by atoms with van der Waals surface area (Å²) in [7, 11) is 0. The first-order valence-electron chi connectivity index (χ1n) is 11.9. The summed E-state index contributed by atoms with van der Waals surface area (Å²) in [6.45, 7) is -2.34. The fourth-order valence-electron chi connectivity index (χ4n) is 3.92. The second-order valence-electron chi connectivity index (χ2n) is 8.80. The van der Waals surface area contributed by atoms with Gasteiger partial charge >= 0.3 is 23.9 Å². The van der Waals surface area contributed by atoms with Gasteiger partial charge in [-0.05, 0) is 42.0 Å². The van der Waals surface area contributed by atoms with Crippen LogP contribution in [0.2, 0.25) is 0 Å². The van der Waals surface area contributed by atoms with E-state index in [0.29, 0.717) is 39.7 Å². The minimum Gasteiger partial charge on any atom is -0.480 e. The molecule has 210 valence electrons. The van der Waals surface area contributed by atoms with Crippen molar-refractivity contribution in [1.29, 1.82) is 0 Å². The van der Waals surface area contributed by atoms with E-state index in [1.54, 1.807) is 48.5 Å². The van der Waals surface area contributed by atoms with Crippen LogP contribution in [0.5, 0.6) is 0 Å². The standard InChI is InChI=1S/C26H27N5O9/c32-15-16-7-21(19-5-1-3-17(27-19)9-30(11-23(33)34)12-24(35)36)29-22(8-16)20-6-2-4-18(28-20)10-31(13-25(37)38)14-26(39)40/h1-8,32H,9-15H2,(H,33,34)(H,35,36)(H,37,38)(H,39,40). The summed E-state index contributed by atoms with van der Waals surface area (Å²) < 4.78 is 0. The summed E-state index contributed by atoms with van der Waals surface area (Å²) in [5.74, 6) is -4.71. The zero-order valence-electron chi connectivity index (χ0n) is 21.2. The molecule has 0 spiro atoms. The molecule has 0 radical (unpaired) electrons. The van der Waals surface area contributed by atoms with Crippen molar-refractivity contribution in [3.63, 3.8) is 0 Å². The van der Waals surface area contributed by atoms with Gasteiger partial charge in [-0.15, -0.1) is 0 Å². The van der Waals surface area contributed by atoms with Crippen molar-refractivity contribution in [3.8, 4) is 22.8 Å². The van der Waals surface area contributed by atoms with Crippen molar-refractivity contribution in [2.24, 2.45) is 0 Å². The number of carboxylic acid groups (broad SMARTS) is 4. The molecule has 0 aliphatic heterocycles. The van der Waals surface area contributed by atoms with Gasteiger partial charge in [0.05, 0.1) is 66.9 Å². The van der Waals surface area contributed by atoms with Crippen molar-refractivity contribution in [2.75, 3.05) is 26.2 Å². The highest BCUT2D eigenvalue weighted by atomic mass is 16.4. The van der Waals surface area contributed by atoms with E-state index in [4.69, 9.17) is 20.4 Å². The lowest BCUT2D eigenvalue weighted by Gasteiger charge is -2.18. The lowest BCUT2D eigenvalue weighted by Crippen LogP contribution is -2.34. The number of aliphatic carboxylic acids is 4. The van der Waals surface area contributed by atoms with E-state index >= 15 is 0 Å². The normalized spacial score (nSPS) is 11.1. The Morgan fingerprint density at radius 1 is 0.575 bits per heavy atom. The van der Waals surface area contributed by atoms with Gasteiger partial charge in [0.1, 0.15) is 0 Å². The Kier molecular flexibility index (Phi) is 10.3. The molecule has 0 aliphatic rings. The van der Waals surface area contributed by atoms with E-state index in [9.17, 15) is 24.3 Å². The summed E-state index contributed by atoms with van der Waals surface area (Å²) in [6.07, 6.45) is 0. The first kappa shape index (κ1) is 29.8. The maximum absolute atomic E-state index is 11.1. The van der Waals surface area contributed by atoms with Gasteiger partial charge in [0.15, 0.2) is 0 Å². The number of hydrogen-bond acceptors (Lipinski definition) is 10. The Labute approximate surface area is 227 Å². The lowest BCUT2D eigenvalue weighted by atomic mass is 10.1. The molecule has 0 unspecified atom stereocenters. The molecule has 0 atom stereocenters. The molecular formula is C26H27N5O9. The van der Waals surface area contributed by atoms with Gasteiger partial charge in [0.25, 0.3) is 0 Å². The van der Waals surface area contributed by atoms with Crippen LogP contribution >= 0.6 is 0 Å². The summed E-state index contributed by atoms with van der Waals surface area (Å²) in [5.41, 5.74) is 2.85. The summed E-state index contributed by atoms with van der Waals surface area (Å²) in [6, 6.07) is 13.2. The third kappa shape index (κ3) is 9.20. The Bertz CT molecular complexity index is 1270. The molecule has 14 heteroatoms. The van der Waals surface area contributed by atoms with E-state index in [0.717, 1.165) is 0 Å². The quantitative estimate of drug-likeness (QED) is 0.175. The molecule has 0 saturated heterocycles. The maximum Gasteiger partial charge on any atom is 0.317 e. The molecule has 0 aliphatic carbocycles. The van der Waals surface area contributed by atoms with Crippen LogP contribution in [0.3, 0.4) is 0 Å². The van der Waals surface area contributed by atoms with Crippen LogP contribution in [-0.2, 0) is 38.9 Å². The second-order valence-corrected chi connectivity index (χ2v) is 8.80. The lowest BCUT2D eigenvalue weighted by molar-refractivity contribution is -0.144. The predicted octanol–water partition coefficient (Wildman–Crippen LogP) is 0.640. The Morgan fingerprint density at radius 2 is 0.950 bits per heavy atom. The van der Waals surface area contributed by atoms with Gasteiger partial charge in [0, 0.05) is 13.1 Å². The Morgan fingerprint density at radius 3 is 1.27 bits per heavy atom. The highest BCUT2D eigenvalue weighted by Gasteiger charge is 2.17. The molecule has 14 nitrogen and oxygen atoms in total. The molecule has 3 aromatic rings. The first-order valence-corrected chi connectivity index (χ1v) is 11.9. The maximum atomic E-state index is 11.1. The van der Waals surface area contributed by atoms with Crippen LogP contribution in [-0.4, -0.2) is 100 Å². The fraction of sp³-hybridized carbons (Fsp3) is 0.269. The number of aliphatic hydroxyl groups is 1. The van der Waals surface area contributed by atoms with Crippen LogP contribution < -0.4 is 0 Å².